The summed E-state index contributed by atoms with van der Waals surface area (Å²) < 4.78 is 10.5. The van der Waals surface area contributed by atoms with Crippen LogP contribution in [0, 0.1) is 5.92 Å². The van der Waals surface area contributed by atoms with Crippen molar-refractivity contribution in [3.63, 3.8) is 0 Å². The highest BCUT2D eigenvalue weighted by molar-refractivity contribution is 6.05. The molecule has 3 heterocycles. The number of pyridine rings is 1. The minimum Gasteiger partial charge on any atom is -0.497 e. The van der Waals surface area contributed by atoms with Gasteiger partial charge in [0.2, 0.25) is 0 Å². The van der Waals surface area contributed by atoms with E-state index in [9.17, 15) is 4.79 Å². The Kier molecular flexibility index (Phi) is 6.31. The van der Waals surface area contributed by atoms with E-state index in [0.717, 1.165) is 64.8 Å². The summed E-state index contributed by atoms with van der Waals surface area (Å²) in [5.41, 5.74) is 5.47. The topological polar surface area (TPSA) is 76.2 Å². The van der Waals surface area contributed by atoms with E-state index in [1.807, 2.05) is 42.7 Å². The SMILES string of the molecule is COC(=O)c1cccc2[nH]cc(C(C)(c3cncc(-c4ccc(OC)cc4)c3)C3CCCNC3)c12. The lowest BCUT2D eigenvalue weighted by atomic mass is 9.65. The molecule has 180 valence electrons. The fraction of sp³-hybridized carbons (Fsp3) is 0.310. The van der Waals surface area contributed by atoms with E-state index in [0.29, 0.717) is 11.5 Å². The standard InChI is InChI=1S/C29H31N3O3/c1-29(21-6-5-13-30-16-21,25-18-32-26-8-4-7-24(27(25)26)28(33)35-3)22-14-20(15-31-17-22)19-9-11-23(34-2)12-10-19/h4,7-12,14-15,17-18,21,30,32H,5-6,13,16H2,1-3H3. The predicted molar refractivity (Wildman–Crippen MR) is 138 cm³/mol. The average Bonchev–Trinajstić information content (AvgIpc) is 3.38. The lowest BCUT2D eigenvalue weighted by Crippen LogP contribution is -2.43. The van der Waals surface area contributed by atoms with Gasteiger partial charge in [0.15, 0.2) is 0 Å². The van der Waals surface area contributed by atoms with Gasteiger partial charge >= 0.3 is 5.97 Å². The minimum atomic E-state index is -0.384. The molecule has 2 aromatic carbocycles. The lowest BCUT2D eigenvalue weighted by Gasteiger charge is -2.41. The van der Waals surface area contributed by atoms with E-state index in [1.54, 1.807) is 7.11 Å². The maximum Gasteiger partial charge on any atom is 0.338 e. The van der Waals surface area contributed by atoms with Crippen LogP contribution in [0.3, 0.4) is 0 Å². The highest BCUT2D eigenvalue weighted by atomic mass is 16.5. The van der Waals surface area contributed by atoms with Crippen LogP contribution < -0.4 is 10.1 Å². The van der Waals surface area contributed by atoms with Gasteiger partial charge in [-0.1, -0.05) is 25.1 Å². The van der Waals surface area contributed by atoms with Crippen LogP contribution in [0.25, 0.3) is 22.0 Å². The highest BCUT2D eigenvalue weighted by Crippen LogP contribution is 2.46. The summed E-state index contributed by atoms with van der Waals surface area (Å²) in [6.45, 7) is 4.21. The summed E-state index contributed by atoms with van der Waals surface area (Å²) >= 11 is 0. The molecule has 0 radical (unpaired) electrons. The number of carbonyl (C=O) groups excluding carboxylic acids is 1. The molecule has 0 spiro atoms. The molecule has 2 unspecified atom stereocenters. The summed E-state index contributed by atoms with van der Waals surface area (Å²) in [5.74, 6) is 0.824. The number of hydrogen-bond acceptors (Lipinski definition) is 5. The Balaban J connectivity index is 1.70. The maximum absolute atomic E-state index is 12.7. The number of benzene rings is 2. The third kappa shape index (κ3) is 4.08. The van der Waals surface area contributed by atoms with Crippen LogP contribution in [0.4, 0.5) is 0 Å². The first-order chi connectivity index (χ1) is 17.1. The molecule has 35 heavy (non-hydrogen) atoms. The largest absolute Gasteiger partial charge is 0.497 e. The Bertz CT molecular complexity index is 1340. The lowest BCUT2D eigenvalue weighted by molar-refractivity contribution is 0.0603. The van der Waals surface area contributed by atoms with E-state index in [4.69, 9.17) is 9.47 Å². The fourth-order valence-corrected chi connectivity index (χ4v) is 5.50. The summed E-state index contributed by atoms with van der Waals surface area (Å²) in [6, 6.07) is 16.0. The van der Waals surface area contributed by atoms with Gasteiger partial charge in [-0.05, 0) is 78.9 Å². The van der Waals surface area contributed by atoms with Gasteiger partial charge in [0.25, 0.3) is 0 Å². The summed E-state index contributed by atoms with van der Waals surface area (Å²) in [4.78, 5) is 20.8. The van der Waals surface area contributed by atoms with Gasteiger partial charge in [-0.25, -0.2) is 4.79 Å². The van der Waals surface area contributed by atoms with Crippen molar-refractivity contribution in [3.8, 4) is 16.9 Å². The number of H-pyrrole nitrogens is 1. The zero-order chi connectivity index (χ0) is 24.4. The molecule has 2 aromatic heterocycles. The second kappa shape index (κ2) is 9.55. The van der Waals surface area contributed by atoms with Crippen LogP contribution in [-0.4, -0.2) is 43.2 Å². The molecule has 5 rings (SSSR count). The predicted octanol–water partition coefficient (Wildman–Crippen LogP) is 5.33. The van der Waals surface area contributed by atoms with Gasteiger partial charge in [-0.3, -0.25) is 4.98 Å². The molecule has 2 N–H and O–H groups in total. The van der Waals surface area contributed by atoms with Crippen LogP contribution >= 0.6 is 0 Å². The van der Waals surface area contributed by atoms with Crippen molar-refractivity contribution < 1.29 is 14.3 Å². The monoisotopic (exact) mass is 469 g/mol. The van der Waals surface area contributed by atoms with Crippen molar-refractivity contribution in [3.05, 3.63) is 83.8 Å². The van der Waals surface area contributed by atoms with Gasteiger partial charge in [0.05, 0.1) is 19.8 Å². The number of nitrogens with zero attached hydrogens (tertiary/aromatic N) is 1. The zero-order valence-corrected chi connectivity index (χ0v) is 20.4. The van der Waals surface area contributed by atoms with E-state index >= 15 is 0 Å². The first-order valence-electron chi connectivity index (χ1n) is 12.1. The van der Waals surface area contributed by atoms with Crippen LogP contribution in [-0.2, 0) is 10.2 Å². The molecule has 0 aliphatic carbocycles. The summed E-state index contributed by atoms with van der Waals surface area (Å²) in [7, 11) is 3.10. The van der Waals surface area contributed by atoms with E-state index in [1.165, 1.54) is 7.11 Å². The highest BCUT2D eigenvalue weighted by Gasteiger charge is 2.41. The second-order valence-electron chi connectivity index (χ2n) is 9.36. The number of methoxy groups -OCH3 is 2. The van der Waals surface area contributed by atoms with Crippen molar-refractivity contribution in [2.24, 2.45) is 5.92 Å². The Morgan fingerprint density at radius 3 is 2.63 bits per heavy atom. The smallest absolute Gasteiger partial charge is 0.338 e. The summed E-state index contributed by atoms with van der Waals surface area (Å²) in [5, 5.41) is 4.51. The molecule has 1 fully saturated rings. The van der Waals surface area contributed by atoms with Crippen molar-refractivity contribution in [2.45, 2.75) is 25.2 Å². The van der Waals surface area contributed by atoms with E-state index in [-0.39, 0.29) is 11.4 Å². The second-order valence-corrected chi connectivity index (χ2v) is 9.36. The first-order valence-corrected chi connectivity index (χ1v) is 12.1. The number of carbonyl (C=O) groups is 1. The van der Waals surface area contributed by atoms with Gasteiger partial charge in [-0.2, -0.15) is 0 Å². The maximum atomic E-state index is 12.7. The quantitative estimate of drug-likeness (QED) is 0.373. The molecule has 6 nitrogen and oxygen atoms in total. The van der Waals surface area contributed by atoms with Gasteiger partial charge < -0.3 is 19.8 Å². The van der Waals surface area contributed by atoms with Crippen molar-refractivity contribution >= 4 is 16.9 Å². The number of aromatic nitrogens is 2. The van der Waals surface area contributed by atoms with Crippen LogP contribution in [0.15, 0.2) is 67.1 Å². The number of aromatic amines is 1. The third-order valence-corrected chi connectivity index (χ3v) is 7.55. The Labute approximate surface area is 205 Å². The number of piperidine rings is 1. The third-order valence-electron chi connectivity index (χ3n) is 7.55. The normalized spacial score (nSPS) is 17.6. The Hall–Kier alpha value is -3.64. The number of ether oxygens (including phenoxy) is 2. The Morgan fingerprint density at radius 2 is 1.91 bits per heavy atom. The molecule has 1 saturated heterocycles. The van der Waals surface area contributed by atoms with Crippen LogP contribution in [0.5, 0.6) is 5.75 Å². The summed E-state index contributed by atoms with van der Waals surface area (Å²) in [6.07, 6.45) is 8.13. The van der Waals surface area contributed by atoms with Crippen molar-refractivity contribution in [2.75, 3.05) is 27.3 Å². The van der Waals surface area contributed by atoms with Gasteiger partial charge in [0.1, 0.15) is 5.75 Å². The molecule has 4 aromatic rings. The molecular weight excluding hydrogens is 438 g/mol. The van der Waals surface area contributed by atoms with Crippen LogP contribution in [0.1, 0.15) is 41.3 Å². The van der Waals surface area contributed by atoms with E-state index in [2.05, 4.69) is 46.6 Å². The number of fused-ring (bicyclic) bond motifs is 1. The van der Waals surface area contributed by atoms with Crippen molar-refractivity contribution in [1.82, 2.24) is 15.3 Å². The Morgan fingerprint density at radius 1 is 1.09 bits per heavy atom. The molecule has 0 bridgehead atoms. The first kappa shape index (κ1) is 23.1. The molecular formula is C29H31N3O3. The van der Waals surface area contributed by atoms with Crippen molar-refractivity contribution in [1.29, 1.82) is 0 Å². The number of rotatable bonds is 6. The number of hydrogen-bond donors (Lipinski definition) is 2. The van der Waals surface area contributed by atoms with E-state index < -0.39 is 0 Å². The van der Waals surface area contributed by atoms with Gasteiger partial charge in [0, 0.05) is 40.5 Å². The molecule has 1 aliphatic heterocycles. The molecule has 0 amide bonds. The molecule has 6 heteroatoms. The fourth-order valence-electron chi connectivity index (χ4n) is 5.50. The minimum absolute atomic E-state index is 0.328. The zero-order valence-electron chi connectivity index (χ0n) is 20.4. The van der Waals surface area contributed by atoms with Crippen LogP contribution in [0.2, 0.25) is 0 Å². The van der Waals surface area contributed by atoms with Gasteiger partial charge in [-0.15, -0.1) is 0 Å². The number of nitrogens with one attached hydrogen (secondary N) is 2. The molecule has 0 saturated carbocycles. The molecule has 1 aliphatic rings. The average molecular weight is 470 g/mol. The number of esters is 1. The molecule has 2 atom stereocenters.